The van der Waals surface area contributed by atoms with Gasteiger partial charge in [0.1, 0.15) is 21.9 Å². The highest BCUT2D eigenvalue weighted by atomic mass is 32.2. The zero-order valence-electron chi connectivity index (χ0n) is 16.1. The lowest BCUT2D eigenvalue weighted by molar-refractivity contribution is -0.129. The lowest BCUT2D eigenvalue weighted by Crippen LogP contribution is -2.34. The first kappa shape index (κ1) is 19.2. The van der Waals surface area contributed by atoms with Crippen LogP contribution in [0.4, 0.5) is 0 Å². The third kappa shape index (κ3) is 4.31. The SMILES string of the molecule is CCc1cc2c(SCC(=O)N(Cc3ccc(OC)cc3)C3CC3)ncnc2s1. The largest absolute Gasteiger partial charge is 0.497 e. The fraction of sp³-hybridized carbons (Fsp3) is 0.381. The summed E-state index contributed by atoms with van der Waals surface area (Å²) in [6.45, 7) is 2.78. The van der Waals surface area contributed by atoms with Gasteiger partial charge in [0, 0.05) is 22.8 Å². The van der Waals surface area contributed by atoms with E-state index in [4.69, 9.17) is 4.74 Å². The summed E-state index contributed by atoms with van der Waals surface area (Å²) in [5.41, 5.74) is 1.13. The Bertz CT molecular complexity index is 967. The summed E-state index contributed by atoms with van der Waals surface area (Å²) in [5, 5.41) is 1.96. The summed E-state index contributed by atoms with van der Waals surface area (Å²) in [4.78, 5) is 26.1. The molecule has 7 heteroatoms. The zero-order chi connectivity index (χ0) is 19.5. The Balaban J connectivity index is 1.44. The highest BCUT2D eigenvalue weighted by Crippen LogP contribution is 2.33. The molecular formula is C21H23N3O2S2. The van der Waals surface area contributed by atoms with E-state index in [1.165, 1.54) is 16.6 Å². The molecule has 0 bridgehead atoms. The van der Waals surface area contributed by atoms with Gasteiger partial charge in [0.05, 0.1) is 12.9 Å². The molecule has 0 unspecified atom stereocenters. The highest BCUT2D eigenvalue weighted by molar-refractivity contribution is 8.00. The van der Waals surface area contributed by atoms with E-state index in [1.807, 2.05) is 29.2 Å². The minimum atomic E-state index is 0.168. The number of thioether (sulfide) groups is 1. The van der Waals surface area contributed by atoms with Gasteiger partial charge in [-0.05, 0) is 43.0 Å². The third-order valence-corrected chi connectivity index (χ3v) is 7.02. The molecule has 0 saturated heterocycles. The second-order valence-electron chi connectivity index (χ2n) is 6.85. The van der Waals surface area contributed by atoms with Crippen molar-refractivity contribution in [1.82, 2.24) is 14.9 Å². The first-order valence-electron chi connectivity index (χ1n) is 9.46. The maximum atomic E-state index is 13.0. The second kappa shape index (κ2) is 8.49. The number of fused-ring (bicyclic) bond motifs is 1. The lowest BCUT2D eigenvalue weighted by atomic mass is 10.2. The van der Waals surface area contributed by atoms with Gasteiger partial charge in [-0.3, -0.25) is 4.79 Å². The zero-order valence-corrected chi connectivity index (χ0v) is 17.7. The molecule has 1 aromatic carbocycles. The molecule has 3 aromatic rings. The Morgan fingerprint density at radius 2 is 2.07 bits per heavy atom. The normalized spacial score (nSPS) is 13.6. The van der Waals surface area contributed by atoms with E-state index in [9.17, 15) is 4.79 Å². The molecule has 1 amide bonds. The number of rotatable bonds is 8. The molecule has 146 valence electrons. The van der Waals surface area contributed by atoms with Crippen molar-refractivity contribution < 1.29 is 9.53 Å². The van der Waals surface area contributed by atoms with E-state index in [0.29, 0.717) is 18.3 Å². The molecular weight excluding hydrogens is 390 g/mol. The van der Waals surface area contributed by atoms with Crippen molar-refractivity contribution in [3.63, 3.8) is 0 Å². The molecule has 2 heterocycles. The van der Waals surface area contributed by atoms with Crippen LogP contribution in [0, 0.1) is 0 Å². The summed E-state index contributed by atoms with van der Waals surface area (Å²) >= 11 is 3.22. The quantitative estimate of drug-likeness (QED) is 0.401. The van der Waals surface area contributed by atoms with Crippen molar-refractivity contribution in [2.24, 2.45) is 0 Å². The van der Waals surface area contributed by atoms with Gasteiger partial charge in [0.25, 0.3) is 0 Å². The minimum Gasteiger partial charge on any atom is -0.497 e. The Labute approximate surface area is 173 Å². The van der Waals surface area contributed by atoms with Crippen LogP contribution in [0.1, 0.15) is 30.2 Å². The van der Waals surface area contributed by atoms with Gasteiger partial charge in [-0.2, -0.15) is 0 Å². The van der Waals surface area contributed by atoms with Crippen molar-refractivity contribution in [3.05, 3.63) is 47.1 Å². The van der Waals surface area contributed by atoms with Gasteiger partial charge in [-0.15, -0.1) is 11.3 Å². The van der Waals surface area contributed by atoms with E-state index in [2.05, 4.69) is 23.0 Å². The van der Waals surface area contributed by atoms with Crippen LogP contribution in [0.15, 0.2) is 41.7 Å². The van der Waals surface area contributed by atoms with Crippen molar-refractivity contribution in [1.29, 1.82) is 0 Å². The number of carbonyl (C=O) groups is 1. The van der Waals surface area contributed by atoms with Crippen LogP contribution < -0.4 is 4.74 Å². The smallest absolute Gasteiger partial charge is 0.233 e. The average molecular weight is 414 g/mol. The van der Waals surface area contributed by atoms with Crippen molar-refractivity contribution >= 4 is 39.2 Å². The van der Waals surface area contributed by atoms with Crippen molar-refractivity contribution in [3.8, 4) is 5.75 Å². The summed E-state index contributed by atoms with van der Waals surface area (Å²) in [7, 11) is 1.66. The first-order valence-corrected chi connectivity index (χ1v) is 11.3. The molecule has 0 atom stereocenters. The van der Waals surface area contributed by atoms with Crippen LogP contribution >= 0.6 is 23.1 Å². The number of benzene rings is 1. The molecule has 0 radical (unpaired) electrons. The minimum absolute atomic E-state index is 0.168. The van der Waals surface area contributed by atoms with E-state index in [0.717, 1.165) is 45.8 Å². The monoisotopic (exact) mass is 413 g/mol. The summed E-state index contributed by atoms with van der Waals surface area (Å²) < 4.78 is 5.22. The number of carbonyl (C=O) groups excluding carboxylic acids is 1. The van der Waals surface area contributed by atoms with Crippen molar-refractivity contribution in [2.75, 3.05) is 12.9 Å². The lowest BCUT2D eigenvalue weighted by Gasteiger charge is -2.22. The van der Waals surface area contributed by atoms with E-state index < -0.39 is 0 Å². The van der Waals surface area contributed by atoms with Gasteiger partial charge in [0.2, 0.25) is 5.91 Å². The Hall–Kier alpha value is -2.12. The number of nitrogens with zero attached hydrogens (tertiary/aromatic N) is 3. The first-order chi connectivity index (χ1) is 13.7. The molecule has 1 fully saturated rings. The maximum absolute atomic E-state index is 13.0. The number of ether oxygens (including phenoxy) is 1. The van der Waals surface area contributed by atoms with Crippen LogP contribution in [0.25, 0.3) is 10.2 Å². The van der Waals surface area contributed by atoms with Crippen LogP contribution in [0.2, 0.25) is 0 Å². The van der Waals surface area contributed by atoms with E-state index in [-0.39, 0.29) is 5.91 Å². The molecule has 28 heavy (non-hydrogen) atoms. The van der Waals surface area contributed by atoms with Gasteiger partial charge in [0.15, 0.2) is 0 Å². The molecule has 0 aliphatic heterocycles. The Kier molecular flexibility index (Phi) is 5.82. The van der Waals surface area contributed by atoms with Crippen molar-refractivity contribution in [2.45, 2.75) is 43.8 Å². The number of methoxy groups -OCH3 is 1. The van der Waals surface area contributed by atoms with Gasteiger partial charge < -0.3 is 9.64 Å². The van der Waals surface area contributed by atoms with Crippen LogP contribution in [-0.4, -0.2) is 39.7 Å². The molecule has 0 spiro atoms. The number of aryl methyl sites for hydroxylation is 1. The Morgan fingerprint density at radius 3 is 2.75 bits per heavy atom. The van der Waals surface area contributed by atoms with Crippen LogP contribution in [-0.2, 0) is 17.8 Å². The second-order valence-corrected chi connectivity index (χ2v) is 8.93. The number of hydrogen-bond acceptors (Lipinski definition) is 6. The van der Waals surface area contributed by atoms with Gasteiger partial charge in [-0.1, -0.05) is 30.8 Å². The molecule has 1 aliphatic rings. The van der Waals surface area contributed by atoms with Gasteiger partial charge >= 0.3 is 0 Å². The predicted octanol–water partition coefficient (Wildman–Crippen LogP) is 4.55. The molecule has 1 saturated carbocycles. The fourth-order valence-electron chi connectivity index (χ4n) is 3.12. The van der Waals surface area contributed by atoms with Crippen LogP contribution in [0.3, 0.4) is 0 Å². The predicted molar refractivity (Wildman–Crippen MR) is 114 cm³/mol. The van der Waals surface area contributed by atoms with Crippen LogP contribution in [0.5, 0.6) is 5.75 Å². The maximum Gasteiger partial charge on any atom is 0.233 e. The summed E-state index contributed by atoms with van der Waals surface area (Å²) in [6, 6.07) is 10.5. The number of amides is 1. The summed E-state index contributed by atoms with van der Waals surface area (Å²) in [6.07, 6.45) is 4.77. The molecule has 2 aromatic heterocycles. The number of aromatic nitrogens is 2. The van der Waals surface area contributed by atoms with E-state index >= 15 is 0 Å². The highest BCUT2D eigenvalue weighted by Gasteiger charge is 2.32. The summed E-state index contributed by atoms with van der Waals surface area (Å²) in [5.74, 6) is 1.40. The number of hydrogen-bond donors (Lipinski definition) is 0. The molecule has 1 aliphatic carbocycles. The fourth-order valence-corrected chi connectivity index (χ4v) is 4.98. The molecule has 5 nitrogen and oxygen atoms in total. The number of thiophene rings is 1. The third-order valence-electron chi connectivity index (χ3n) is 4.84. The van der Waals surface area contributed by atoms with E-state index in [1.54, 1.807) is 24.8 Å². The topological polar surface area (TPSA) is 55.3 Å². The molecule has 4 rings (SSSR count). The Morgan fingerprint density at radius 1 is 1.29 bits per heavy atom. The average Bonchev–Trinajstić information content (AvgIpc) is 3.48. The standard InChI is InChI=1S/C21H23N3O2S2/c1-3-17-10-18-20(22-13-23-21(18)28-17)27-12-19(25)24(15-6-7-15)11-14-4-8-16(26-2)9-5-14/h4-5,8-10,13,15H,3,6-7,11-12H2,1-2H3. The molecule has 0 N–H and O–H groups in total. The van der Waals surface area contributed by atoms with Gasteiger partial charge in [-0.25, -0.2) is 9.97 Å².